The minimum absolute atomic E-state index is 0.115. The lowest BCUT2D eigenvalue weighted by molar-refractivity contribution is -0.120. The number of ketones is 1. The van der Waals surface area contributed by atoms with Crippen molar-refractivity contribution in [3.8, 4) is 0 Å². The monoisotopic (exact) mass is 429 g/mol. The number of benzene rings is 1. The first-order valence-corrected chi connectivity index (χ1v) is 11.2. The molecule has 1 saturated heterocycles. The van der Waals surface area contributed by atoms with E-state index in [1.165, 1.54) is 16.9 Å². The van der Waals surface area contributed by atoms with Gasteiger partial charge in [-0.25, -0.2) is 4.98 Å². The molecule has 152 valence electrons. The minimum Gasteiger partial charge on any atom is -0.338 e. The number of halogens is 1. The molecule has 0 amide bonds. The molecule has 1 fully saturated rings. The fourth-order valence-electron chi connectivity index (χ4n) is 3.90. The average molecular weight is 430 g/mol. The average Bonchev–Trinajstić information content (AvgIpc) is 3.37. The molecule has 0 unspecified atom stereocenters. The van der Waals surface area contributed by atoms with E-state index in [1.54, 1.807) is 0 Å². The number of carbonyl (C=O) groups is 1. The van der Waals surface area contributed by atoms with Crippen molar-refractivity contribution >= 4 is 44.1 Å². The van der Waals surface area contributed by atoms with E-state index in [0.717, 1.165) is 31.5 Å². The van der Waals surface area contributed by atoms with Crippen LogP contribution in [0.2, 0.25) is 5.02 Å². The number of H-pyrrole nitrogens is 1. The van der Waals surface area contributed by atoms with Gasteiger partial charge in [0, 0.05) is 18.7 Å². The highest BCUT2D eigenvalue weighted by Crippen LogP contribution is 2.38. The number of carbonyl (C=O) groups excluding carboxylic acids is 1. The summed E-state index contributed by atoms with van der Waals surface area (Å²) in [6.07, 6.45) is 3.02. The second-order valence-corrected chi connectivity index (χ2v) is 9.17. The van der Waals surface area contributed by atoms with Crippen LogP contribution in [-0.2, 0) is 11.2 Å². The lowest BCUT2D eigenvalue weighted by atomic mass is 10.0. The van der Waals surface area contributed by atoms with E-state index in [-0.39, 0.29) is 23.3 Å². The number of pyridine rings is 1. The molecule has 3 aromatic rings. The van der Waals surface area contributed by atoms with Crippen molar-refractivity contribution in [1.29, 1.82) is 0 Å². The van der Waals surface area contributed by atoms with Crippen molar-refractivity contribution in [3.05, 3.63) is 57.0 Å². The second kappa shape index (κ2) is 8.28. The van der Waals surface area contributed by atoms with Gasteiger partial charge in [0.1, 0.15) is 0 Å². The van der Waals surface area contributed by atoms with E-state index in [0.29, 0.717) is 26.8 Å². The molecule has 29 heavy (non-hydrogen) atoms. The Morgan fingerprint density at radius 1 is 1.34 bits per heavy atom. The molecule has 2 aromatic heterocycles. The first-order chi connectivity index (χ1) is 14.0. The van der Waals surface area contributed by atoms with E-state index in [2.05, 4.69) is 14.9 Å². The first kappa shape index (κ1) is 20.1. The van der Waals surface area contributed by atoms with Gasteiger partial charge in [0.25, 0.3) is 5.56 Å². The summed E-state index contributed by atoms with van der Waals surface area (Å²) >= 11 is 7.97. The minimum atomic E-state index is -0.221. The van der Waals surface area contributed by atoms with Crippen LogP contribution in [0.1, 0.15) is 50.3 Å². The van der Waals surface area contributed by atoms with E-state index < -0.39 is 0 Å². The summed E-state index contributed by atoms with van der Waals surface area (Å²) in [6.45, 7) is 4.76. The molecule has 1 aromatic carbocycles. The Bertz CT molecular complexity index is 1090. The smallest absolute Gasteiger partial charge is 0.275 e. The highest BCUT2D eigenvalue weighted by Gasteiger charge is 2.32. The number of hydrogen-bond acceptors (Lipinski definition) is 5. The summed E-state index contributed by atoms with van der Waals surface area (Å²) in [5.41, 5.74) is 2.05. The van der Waals surface area contributed by atoms with Crippen LogP contribution in [-0.4, -0.2) is 28.3 Å². The van der Waals surface area contributed by atoms with Gasteiger partial charge in [-0.1, -0.05) is 67.1 Å². The summed E-state index contributed by atoms with van der Waals surface area (Å²) < 4.78 is 0.705. The fourth-order valence-corrected chi connectivity index (χ4v) is 5.46. The number of anilines is 1. The van der Waals surface area contributed by atoms with Gasteiger partial charge in [0.05, 0.1) is 15.8 Å². The van der Waals surface area contributed by atoms with Crippen molar-refractivity contribution in [2.45, 2.75) is 51.5 Å². The van der Waals surface area contributed by atoms with E-state index in [4.69, 9.17) is 11.6 Å². The molecule has 0 radical (unpaired) electrons. The molecule has 0 bridgehead atoms. The van der Waals surface area contributed by atoms with Crippen LogP contribution in [0.15, 0.2) is 35.1 Å². The van der Waals surface area contributed by atoms with Crippen LogP contribution in [0.4, 0.5) is 5.13 Å². The van der Waals surface area contributed by atoms with Crippen LogP contribution in [0, 0.1) is 0 Å². The summed E-state index contributed by atoms with van der Waals surface area (Å²) in [5.74, 6) is 0.345. The second-order valence-electron chi connectivity index (χ2n) is 7.81. The molecule has 3 heterocycles. The number of Topliss-reactive ketones (excluding diaryl/α,β-unsaturated/α-hetero) is 1. The predicted molar refractivity (Wildman–Crippen MR) is 119 cm³/mol. The van der Waals surface area contributed by atoms with Crippen LogP contribution < -0.4 is 10.5 Å². The van der Waals surface area contributed by atoms with Crippen LogP contribution in [0.25, 0.3) is 10.2 Å². The summed E-state index contributed by atoms with van der Waals surface area (Å²) in [7, 11) is 0. The molecule has 4 rings (SSSR count). The Kier molecular flexibility index (Phi) is 5.74. The van der Waals surface area contributed by atoms with Gasteiger partial charge in [-0.3, -0.25) is 9.59 Å². The van der Waals surface area contributed by atoms with E-state index in [9.17, 15) is 9.59 Å². The molecule has 0 aliphatic carbocycles. The van der Waals surface area contributed by atoms with Gasteiger partial charge in [0.15, 0.2) is 16.4 Å². The largest absolute Gasteiger partial charge is 0.338 e. The number of thiazole rings is 1. The van der Waals surface area contributed by atoms with Crippen LogP contribution >= 0.6 is 22.9 Å². The molecule has 0 saturated carbocycles. The normalized spacial score (nSPS) is 16.8. The van der Waals surface area contributed by atoms with Gasteiger partial charge >= 0.3 is 0 Å². The standard InChI is InChI=1S/C22H24ClN3O2S/c1-13(2)18-17(23)20-19(21(28)24-18)25-22(29-20)26-12-6-9-15(26)16(27)11-10-14-7-4-3-5-8-14/h3-5,7-8,13,15H,6,9-12H2,1-2H3,(H,24,28)/t15-/m1/s1. The number of fused-ring (bicyclic) bond motifs is 1. The number of aryl methyl sites for hydroxylation is 1. The molecule has 1 aliphatic heterocycles. The van der Waals surface area contributed by atoms with Crippen molar-refractivity contribution in [1.82, 2.24) is 9.97 Å². The topological polar surface area (TPSA) is 66.1 Å². The van der Waals surface area contributed by atoms with Gasteiger partial charge in [-0.15, -0.1) is 0 Å². The first-order valence-electron chi connectivity index (χ1n) is 10.0. The number of hydrogen-bond donors (Lipinski definition) is 1. The Labute approximate surface area is 178 Å². The lowest BCUT2D eigenvalue weighted by Crippen LogP contribution is -2.36. The maximum atomic E-state index is 12.9. The molecule has 1 aliphatic rings. The van der Waals surface area contributed by atoms with Gasteiger partial charge in [0.2, 0.25) is 0 Å². The maximum Gasteiger partial charge on any atom is 0.275 e. The van der Waals surface area contributed by atoms with E-state index >= 15 is 0 Å². The zero-order chi connectivity index (χ0) is 20.5. The van der Waals surface area contributed by atoms with Gasteiger partial charge < -0.3 is 9.88 Å². The molecule has 1 atom stereocenters. The Hall–Kier alpha value is -2.18. The third-order valence-electron chi connectivity index (χ3n) is 5.47. The Morgan fingerprint density at radius 2 is 2.10 bits per heavy atom. The number of aromatic nitrogens is 2. The predicted octanol–water partition coefficient (Wildman–Crippen LogP) is 4.93. The SMILES string of the molecule is CC(C)c1[nH]c(=O)c2nc(N3CCC[C@@H]3C(=O)CCc3ccccc3)sc2c1Cl. The zero-order valence-electron chi connectivity index (χ0n) is 16.6. The number of nitrogens with one attached hydrogen (secondary N) is 1. The highest BCUT2D eigenvalue weighted by molar-refractivity contribution is 7.22. The number of rotatable bonds is 6. The quantitative estimate of drug-likeness (QED) is 0.603. The molecule has 7 heteroatoms. The highest BCUT2D eigenvalue weighted by atomic mass is 35.5. The van der Waals surface area contributed by atoms with Crippen molar-refractivity contribution in [2.75, 3.05) is 11.4 Å². The maximum absolute atomic E-state index is 12.9. The van der Waals surface area contributed by atoms with Crippen molar-refractivity contribution < 1.29 is 4.79 Å². The molecule has 1 N–H and O–H groups in total. The van der Waals surface area contributed by atoms with Gasteiger partial charge in [-0.05, 0) is 30.7 Å². The van der Waals surface area contributed by atoms with E-state index in [1.807, 2.05) is 44.2 Å². The van der Waals surface area contributed by atoms with Crippen molar-refractivity contribution in [3.63, 3.8) is 0 Å². The third-order valence-corrected chi connectivity index (χ3v) is 7.08. The third kappa shape index (κ3) is 3.96. The lowest BCUT2D eigenvalue weighted by Gasteiger charge is -2.22. The number of aromatic amines is 1. The Morgan fingerprint density at radius 3 is 2.83 bits per heavy atom. The molecular weight excluding hydrogens is 406 g/mol. The van der Waals surface area contributed by atoms with Gasteiger partial charge in [-0.2, -0.15) is 0 Å². The molecular formula is C22H24ClN3O2S. The summed E-state index contributed by atoms with van der Waals surface area (Å²) in [6, 6.07) is 9.89. The Balaban J connectivity index is 1.59. The molecule has 5 nitrogen and oxygen atoms in total. The molecule has 0 spiro atoms. The fraction of sp³-hybridized carbons (Fsp3) is 0.409. The zero-order valence-corrected chi connectivity index (χ0v) is 18.1. The van der Waals surface area contributed by atoms with Crippen molar-refractivity contribution in [2.24, 2.45) is 0 Å². The summed E-state index contributed by atoms with van der Waals surface area (Å²) in [4.78, 5) is 34.9. The number of nitrogens with zero attached hydrogens (tertiary/aromatic N) is 2. The van der Waals surface area contributed by atoms with Crippen LogP contribution in [0.3, 0.4) is 0 Å². The van der Waals surface area contributed by atoms with Crippen LogP contribution in [0.5, 0.6) is 0 Å². The summed E-state index contributed by atoms with van der Waals surface area (Å²) in [5, 5.41) is 1.27.